The van der Waals surface area contributed by atoms with Crippen LogP contribution in [0.1, 0.15) is 67.3 Å². The van der Waals surface area contributed by atoms with Gasteiger partial charge in [-0.2, -0.15) is 4.72 Å². The molecule has 0 radical (unpaired) electrons. The Hall–Kier alpha value is -5.12. The first kappa shape index (κ1) is 40.3. The number of pyridine rings is 1. The van der Waals surface area contributed by atoms with Crippen LogP contribution in [0.3, 0.4) is 0 Å². The summed E-state index contributed by atoms with van der Waals surface area (Å²) in [5, 5.41) is 16.9. The van der Waals surface area contributed by atoms with Crippen molar-refractivity contribution in [2.24, 2.45) is 5.41 Å². The molecule has 3 fully saturated rings. The number of aromatic nitrogens is 2. The summed E-state index contributed by atoms with van der Waals surface area (Å²) in [5.74, 6) is 0.0554. The Morgan fingerprint density at radius 2 is 1.82 bits per heavy atom. The quantitative estimate of drug-likeness (QED) is 0.0629. The van der Waals surface area contributed by atoms with E-state index in [4.69, 9.17) is 21.1 Å². The van der Waals surface area contributed by atoms with E-state index in [2.05, 4.69) is 41.9 Å². The monoisotopic (exact) mass is 849 g/mol. The molecule has 3 N–H and O–H groups in total. The molecule has 2 aromatic heterocycles. The van der Waals surface area contributed by atoms with Crippen LogP contribution < -0.4 is 19.7 Å². The lowest BCUT2D eigenvalue weighted by atomic mass is 9.59. The lowest BCUT2D eigenvalue weighted by molar-refractivity contribution is -0.384. The Labute approximate surface area is 356 Å². The number of amides is 1. The van der Waals surface area contributed by atoms with Crippen LogP contribution in [0.4, 0.5) is 17.1 Å². The van der Waals surface area contributed by atoms with Crippen molar-refractivity contribution >= 4 is 62.5 Å². The second-order valence-corrected chi connectivity index (χ2v) is 18.1. The van der Waals surface area contributed by atoms with Gasteiger partial charge in [0.05, 0.1) is 22.7 Å². The van der Waals surface area contributed by atoms with Crippen molar-refractivity contribution in [2.45, 2.75) is 62.3 Å². The van der Waals surface area contributed by atoms with Crippen LogP contribution in [0.2, 0.25) is 5.02 Å². The predicted molar refractivity (Wildman–Crippen MR) is 234 cm³/mol. The number of nitro benzene ring substituents is 1. The molecule has 9 rings (SSSR count). The van der Waals surface area contributed by atoms with Crippen LogP contribution in [0.15, 0.2) is 95.7 Å². The highest BCUT2D eigenvalue weighted by Gasteiger charge is 2.41. The molecule has 1 atom stereocenters. The Balaban J connectivity index is 0.918. The summed E-state index contributed by atoms with van der Waals surface area (Å²) < 4.78 is 27.9. The third kappa shape index (κ3) is 8.84. The van der Waals surface area contributed by atoms with Gasteiger partial charge in [0, 0.05) is 80.3 Å². The number of rotatable bonds is 12. The van der Waals surface area contributed by atoms with E-state index in [1.165, 1.54) is 60.6 Å². The zero-order valence-corrected chi connectivity index (χ0v) is 34.9. The molecule has 2 aliphatic carbocycles. The number of aromatic amines is 1. The van der Waals surface area contributed by atoms with Gasteiger partial charge in [-0.1, -0.05) is 35.7 Å². The van der Waals surface area contributed by atoms with E-state index in [-0.39, 0.29) is 27.9 Å². The Morgan fingerprint density at radius 3 is 2.57 bits per heavy atom. The number of anilines is 2. The average molecular weight is 850 g/mol. The zero-order chi connectivity index (χ0) is 41.2. The number of hydrogen-bond donors (Lipinski definition) is 3. The maximum Gasteiger partial charge on any atom is 0.297 e. The number of piperazine rings is 1. The third-order valence-corrected chi connectivity index (χ3v) is 14.0. The first-order valence-corrected chi connectivity index (χ1v) is 22.3. The molecule has 1 amide bonds. The van der Waals surface area contributed by atoms with Gasteiger partial charge in [-0.15, -0.1) is 0 Å². The molecular weight excluding hydrogens is 802 g/mol. The minimum atomic E-state index is -2.11. The largest absolute Gasteiger partial charge is 0.588 e. The maximum atomic E-state index is 13.9. The van der Waals surface area contributed by atoms with Crippen LogP contribution in [-0.4, -0.2) is 82.2 Å². The van der Waals surface area contributed by atoms with E-state index < -0.39 is 22.2 Å². The van der Waals surface area contributed by atoms with Gasteiger partial charge in [0.15, 0.2) is 4.90 Å². The van der Waals surface area contributed by atoms with Crippen LogP contribution in [-0.2, 0) is 16.1 Å². The summed E-state index contributed by atoms with van der Waals surface area (Å²) in [6.45, 7) is 5.43. The number of nitrogens with zero attached hydrogens (tertiary/aromatic N) is 4. The van der Waals surface area contributed by atoms with Gasteiger partial charge < -0.3 is 29.2 Å². The number of carbonyl (C=O) groups is 1. The molecule has 0 bridgehead atoms. The van der Waals surface area contributed by atoms with Gasteiger partial charge in [0.1, 0.15) is 34.2 Å². The predicted octanol–water partition coefficient (Wildman–Crippen LogP) is 8.89. The lowest BCUT2D eigenvalue weighted by Crippen LogP contribution is -2.47. The van der Waals surface area contributed by atoms with Gasteiger partial charge in [-0.05, 0) is 110 Å². The summed E-state index contributed by atoms with van der Waals surface area (Å²) in [7, 11) is 0. The fourth-order valence-corrected chi connectivity index (χ4v) is 10.00. The third-order valence-electron chi connectivity index (χ3n) is 12.7. The van der Waals surface area contributed by atoms with E-state index in [0.717, 1.165) is 74.5 Å². The molecule has 1 unspecified atom stereocenters. The summed E-state index contributed by atoms with van der Waals surface area (Å²) in [4.78, 5) is 37.9. The summed E-state index contributed by atoms with van der Waals surface area (Å²) in [6, 6.07) is 21.8. The number of H-pyrrole nitrogens is 1. The van der Waals surface area contributed by atoms with E-state index in [1.807, 2.05) is 36.4 Å². The van der Waals surface area contributed by atoms with Gasteiger partial charge in [-0.3, -0.25) is 19.8 Å². The molecule has 4 heterocycles. The minimum absolute atomic E-state index is 0.0275. The SMILES string of the molecule is O=C(N[S+]([O-])c1ccc(NC2CCOCC2)c([N+](=O)[O-])c1)c1ccc(N2CCN(CC3=C(c4ccc(Cl)cc4)CC4(CCC4)CC3)CC2)cc1Oc1cnc2[nH]ccc2c1. The number of nitro groups is 1. The number of benzene rings is 3. The Bertz CT molecular complexity index is 2410. The van der Waals surface area contributed by atoms with Crippen LogP contribution in [0.25, 0.3) is 16.6 Å². The van der Waals surface area contributed by atoms with Crippen molar-refractivity contribution in [3.05, 3.63) is 117 Å². The minimum Gasteiger partial charge on any atom is -0.588 e. The number of allylic oxidation sites excluding steroid dienone is 1. The molecule has 1 saturated carbocycles. The average Bonchev–Trinajstić information content (AvgIpc) is 3.72. The van der Waals surface area contributed by atoms with E-state index in [0.29, 0.717) is 35.7 Å². The van der Waals surface area contributed by atoms with E-state index in [1.54, 1.807) is 18.5 Å². The second-order valence-electron chi connectivity index (χ2n) is 16.4. The summed E-state index contributed by atoms with van der Waals surface area (Å²) in [5.41, 5.74) is 6.67. The first-order chi connectivity index (χ1) is 29.2. The molecule has 13 nitrogen and oxygen atoms in total. The van der Waals surface area contributed by atoms with Crippen molar-refractivity contribution in [1.29, 1.82) is 0 Å². The highest BCUT2D eigenvalue weighted by atomic mass is 35.5. The number of halogens is 1. The van der Waals surface area contributed by atoms with Crippen molar-refractivity contribution in [3.8, 4) is 11.5 Å². The molecule has 60 heavy (non-hydrogen) atoms. The van der Waals surface area contributed by atoms with Gasteiger partial charge >= 0.3 is 0 Å². The fourth-order valence-electron chi connectivity index (χ4n) is 9.07. The number of fused-ring (bicyclic) bond motifs is 1. The number of carbonyl (C=O) groups excluding carboxylic acids is 1. The van der Waals surface area contributed by atoms with Crippen molar-refractivity contribution in [1.82, 2.24) is 19.6 Å². The molecule has 4 aliphatic rings. The lowest BCUT2D eigenvalue weighted by Gasteiger charge is -2.47. The highest BCUT2D eigenvalue weighted by Crippen LogP contribution is 2.55. The second kappa shape index (κ2) is 17.5. The number of ether oxygens (including phenoxy) is 2. The Morgan fingerprint density at radius 1 is 1.02 bits per heavy atom. The van der Waals surface area contributed by atoms with Gasteiger partial charge in [0.2, 0.25) is 0 Å². The standard InChI is InChI=1S/C45H48ClN7O6S/c46-33-4-2-30(3-5-33)39-27-45(14-1-15-45)16-10-32(39)29-51-18-20-52(21-19-51)35-6-8-38(42(25-35)59-36-24-31-11-17-47-43(31)48-28-36)44(54)50-60(57)37-7-9-40(41(26-37)53(55)56)49-34-12-22-58-23-13-34/h2-9,11,17,24-26,28,34,49H,1,10,12-16,18-23,27,29H2,(H,47,48)(H,50,54). The molecule has 3 aromatic carbocycles. The zero-order valence-electron chi connectivity index (χ0n) is 33.3. The molecule has 2 saturated heterocycles. The first-order valence-electron chi connectivity index (χ1n) is 20.7. The molecule has 15 heteroatoms. The number of nitrogens with one attached hydrogen (secondary N) is 3. The number of hydrogen-bond acceptors (Lipinski definition) is 10. The van der Waals surface area contributed by atoms with Crippen molar-refractivity contribution < 1.29 is 23.7 Å². The van der Waals surface area contributed by atoms with Gasteiger partial charge in [-0.25, -0.2) is 4.98 Å². The maximum absolute atomic E-state index is 13.9. The molecule has 312 valence electrons. The Kier molecular flexibility index (Phi) is 11.7. The summed E-state index contributed by atoms with van der Waals surface area (Å²) in [6.07, 6.45) is 12.4. The van der Waals surface area contributed by atoms with E-state index in [9.17, 15) is 19.5 Å². The highest BCUT2D eigenvalue weighted by molar-refractivity contribution is 7.90. The van der Waals surface area contributed by atoms with Gasteiger partial charge in [0.25, 0.3) is 11.6 Å². The summed E-state index contributed by atoms with van der Waals surface area (Å²) >= 11 is 4.17. The molecule has 5 aromatic rings. The van der Waals surface area contributed by atoms with Crippen LogP contribution in [0.5, 0.6) is 11.5 Å². The fraction of sp³-hybridized carbons (Fsp3) is 0.378. The topological polar surface area (TPSA) is 161 Å². The molecule has 2 aliphatic heterocycles. The van der Waals surface area contributed by atoms with Crippen LogP contribution in [0, 0.1) is 15.5 Å². The molecule has 1 spiro atoms. The smallest absolute Gasteiger partial charge is 0.297 e. The van der Waals surface area contributed by atoms with E-state index >= 15 is 0 Å². The van der Waals surface area contributed by atoms with Crippen molar-refractivity contribution in [3.63, 3.8) is 0 Å². The normalized spacial score (nSPS) is 18.9. The van der Waals surface area contributed by atoms with Crippen LogP contribution >= 0.6 is 11.6 Å². The molecular formula is C45H48ClN7O6S. The van der Waals surface area contributed by atoms with Crippen molar-refractivity contribution in [2.75, 3.05) is 56.2 Å².